The summed E-state index contributed by atoms with van der Waals surface area (Å²) < 4.78 is 0. The van der Waals surface area contributed by atoms with Crippen LogP contribution in [0.25, 0.3) is 0 Å². The largest absolute Gasteiger partial charge is 0.348 e. The molecule has 26 heavy (non-hydrogen) atoms. The third-order valence-electron chi connectivity index (χ3n) is 4.71. The summed E-state index contributed by atoms with van der Waals surface area (Å²) in [5.74, 6) is -0.273. The molecule has 3 rings (SSSR count). The topological polar surface area (TPSA) is 81.3 Å². The summed E-state index contributed by atoms with van der Waals surface area (Å²) in [6.45, 7) is 3.65. The van der Waals surface area contributed by atoms with E-state index in [0.29, 0.717) is 13.0 Å². The van der Waals surface area contributed by atoms with E-state index >= 15 is 0 Å². The van der Waals surface area contributed by atoms with Gasteiger partial charge in [-0.2, -0.15) is 0 Å². The number of aromatic nitrogens is 2. The van der Waals surface area contributed by atoms with Crippen molar-refractivity contribution in [1.29, 1.82) is 0 Å². The van der Waals surface area contributed by atoms with Gasteiger partial charge in [0.25, 0.3) is 0 Å². The molecule has 1 saturated heterocycles. The van der Waals surface area contributed by atoms with E-state index in [1.165, 1.54) is 6.92 Å². The van der Waals surface area contributed by atoms with E-state index in [0.717, 1.165) is 24.3 Å². The molecule has 2 amide bonds. The smallest absolute Gasteiger partial charge is 0.246 e. The molecule has 2 heterocycles. The fourth-order valence-corrected chi connectivity index (χ4v) is 3.41. The molecule has 2 aromatic rings. The molecule has 0 spiro atoms. The van der Waals surface area contributed by atoms with Gasteiger partial charge in [-0.25, -0.2) is 4.98 Å². The van der Waals surface area contributed by atoms with E-state index in [1.54, 1.807) is 12.5 Å². The van der Waals surface area contributed by atoms with Crippen LogP contribution < -0.4 is 5.32 Å². The molecule has 1 aromatic heterocycles. The molecule has 0 bridgehead atoms. The lowest BCUT2D eigenvalue weighted by Gasteiger charge is -2.41. The number of nitrogens with one attached hydrogen (secondary N) is 2. The van der Waals surface area contributed by atoms with E-state index in [4.69, 9.17) is 0 Å². The van der Waals surface area contributed by atoms with Crippen LogP contribution in [0.3, 0.4) is 0 Å². The molecule has 1 fully saturated rings. The number of H-pyrrole nitrogens is 1. The molecular weight excluding hydrogens is 330 g/mol. The first-order chi connectivity index (χ1) is 12.5. The second-order valence-corrected chi connectivity index (χ2v) is 6.75. The number of benzene rings is 1. The predicted octanol–water partition coefficient (Wildman–Crippen LogP) is 0.972. The number of nitrogens with zero attached hydrogens (tertiary/aromatic N) is 3. The maximum absolute atomic E-state index is 13.3. The van der Waals surface area contributed by atoms with E-state index < -0.39 is 6.04 Å². The second kappa shape index (κ2) is 8.14. The molecule has 138 valence electrons. The lowest BCUT2D eigenvalue weighted by molar-refractivity contribution is -0.140. The Hall–Kier alpha value is -2.67. The number of piperazine rings is 1. The summed E-state index contributed by atoms with van der Waals surface area (Å²) >= 11 is 0. The van der Waals surface area contributed by atoms with Crippen LogP contribution in [0.5, 0.6) is 0 Å². The SMILES string of the molecule is CC(=O)N[C@@H](Cc1cnc[nH]1)C(=O)N1CCN(C)C[C@@H]1c1ccccc1. The summed E-state index contributed by atoms with van der Waals surface area (Å²) in [4.78, 5) is 36.1. The fraction of sp³-hybridized carbons (Fsp3) is 0.421. The number of hydrogen-bond donors (Lipinski definition) is 2. The van der Waals surface area contributed by atoms with Gasteiger partial charge in [-0.15, -0.1) is 0 Å². The number of carbonyl (C=O) groups is 2. The standard InChI is InChI=1S/C19H25N5O2/c1-14(25)22-17(10-16-11-20-13-21-16)19(26)24-9-8-23(2)12-18(24)15-6-4-3-5-7-15/h3-7,11,13,17-18H,8-10,12H2,1-2H3,(H,20,21)(H,22,25)/t17-,18+/m0/s1. The van der Waals surface area contributed by atoms with Crippen molar-refractivity contribution in [3.05, 3.63) is 54.1 Å². The van der Waals surface area contributed by atoms with Gasteiger partial charge >= 0.3 is 0 Å². The van der Waals surface area contributed by atoms with Crippen molar-refractivity contribution in [3.63, 3.8) is 0 Å². The lowest BCUT2D eigenvalue weighted by atomic mass is 10.0. The molecular formula is C19H25N5O2. The molecule has 0 unspecified atom stereocenters. The highest BCUT2D eigenvalue weighted by atomic mass is 16.2. The van der Waals surface area contributed by atoms with Crippen molar-refractivity contribution in [2.75, 3.05) is 26.7 Å². The van der Waals surface area contributed by atoms with Gasteiger partial charge in [0.1, 0.15) is 6.04 Å². The molecule has 2 N–H and O–H groups in total. The van der Waals surface area contributed by atoms with Crippen molar-refractivity contribution in [3.8, 4) is 0 Å². The molecule has 0 saturated carbocycles. The number of imidazole rings is 1. The Morgan fingerprint density at radius 2 is 2.08 bits per heavy atom. The van der Waals surface area contributed by atoms with Gasteiger partial charge in [-0.05, 0) is 12.6 Å². The molecule has 0 radical (unpaired) electrons. The number of carbonyl (C=O) groups excluding carboxylic acids is 2. The zero-order valence-electron chi connectivity index (χ0n) is 15.2. The summed E-state index contributed by atoms with van der Waals surface area (Å²) in [6.07, 6.45) is 3.65. The fourth-order valence-electron chi connectivity index (χ4n) is 3.41. The zero-order chi connectivity index (χ0) is 18.5. The highest BCUT2D eigenvalue weighted by Crippen LogP contribution is 2.25. The number of amides is 2. The summed E-state index contributed by atoms with van der Waals surface area (Å²) in [7, 11) is 2.06. The Bertz CT molecular complexity index is 732. The van der Waals surface area contributed by atoms with Crippen LogP contribution in [0, 0.1) is 0 Å². The molecule has 1 aliphatic rings. The van der Waals surface area contributed by atoms with E-state index in [-0.39, 0.29) is 17.9 Å². The first-order valence-corrected chi connectivity index (χ1v) is 8.83. The minimum atomic E-state index is -0.609. The second-order valence-electron chi connectivity index (χ2n) is 6.75. The van der Waals surface area contributed by atoms with Gasteiger partial charge in [0.2, 0.25) is 11.8 Å². The van der Waals surface area contributed by atoms with Crippen molar-refractivity contribution in [2.24, 2.45) is 0 Å². The van der Waals surface area contributed by atoms with Crippen LogP contribution >= 0.6 is 0 Å². The van der Waals surface area contributed by atoms with Crippen LogP contribution in [0.15, 0.2) is 42.9 Å². The molecule has 0 aliphatic carbocycles. The number of likely N-dealkylation sites (N-methyl/N-ethyl adjacent to an activating group) is 1. The zero-order valence-corrected chi connectivity index (χ0v) is 15.2. The molecule has 2 atom stereocenters. The predicted molar refractivity (Wildman–Crippen MR) is 98.3 cm³/mol. The monoisotopic (exact) mass is 355 g/mol. The van der Waals surface area contributed by atoms with Gasteiger partial charge in [0, 0.05) is 44.9 Å². The molecule has 7 heteroatoms. The Balaban J connectivity index is 1.84. The van der Waals surface area contributed by atoms with Gasteiger partial charge < -0.3 is 20.1 Å². The lowest BCUT2D eigenvalue weighted by Crippen LogP contribution is -2.56. The Kier molecular flexibility index (Phi) is 5.68. The summed E-state index contributed by atoms with van der Waals surface area (Å²) in [6, 6.07) is 9.41. The van der Waals surface area contributed by atoms with Crippen LogP contribution in [-0.2, 0) is 16.0 Å². The van der Waals surface area contributed by atoms with E-state index in [1.807, 2.05) is 35.2 Å². The maximum atomic E-state index is 13.3. The minimum Gasteiger partial charge on any atom is -0.348 e. The first kappa shape index (κ1) is 18.1. The first-order valence-electron chi connectivity index (χ1n) is 8.83. The van der Waals surface area contributed by atoms with Crippen molar-refractivity contribution in [1.82, 2.24) is 25.1 Å². The van der Waals surface area contributed by atoms with Crippen molar-refractivity contribution < 1.29 is 9.59 Å². The summed E-state index contributed by atoms with van der Waals surface area (Å²) in [5.41, 5.74) is 1.93. The van der Waals surface area contributed by atoms with Gasteiger partial charge in [0.15, 0.2) is 0 Å². The number of hydrogen-bond acceptors (Lipinski definition) is 4. The maximum Gasteiger partial charge on any atom is 0.246 e. The van der Waals surface area contributed by atoms with Crippen molar-refractivity contribution in [2.45, 2.75) is 25.4 Å². The Labute approximate surface area is 153 Å². The van der Waals surface area contributed by atoms with E-state index in [9.17, 15) is 9.59 Å². The average molecular weight is 355 g/mol. The quantitative estimate of drug-likeness (QED) is 0.837. The summed E-state index contributed by atoms with van der Waals surface area (Å²) in [5, 5.41) is 2.81. The third kappa shape index (κ3) is 4.29. The van der Waals surface area contributed by atoms with Gasteiger partial charge in [-0.1, -0.05) is 30.3 Å². The normalized spacial score (nSPS) is 19.2. The van der Waals surface area contributed by atoms with Gasteiger partial charge in [-0.3, -0.25) is 9.59 Å². The highest BCUT2D eigenvalue weighted by Gasteiger charge is 2.34. The van der Waals surface area contributed by atoms with Crippen LogP contribution in [0.2, 0.25) is 0 Å². The van der Waals surface area contributed by atoms with E-state index in [2.05, 4.69) is 27.2 Å². The molecule has 1 aliphatic heterocycles. The Morgan fingerprint density at radius 3 is 2.73 bits per heavy atom. The van der Waals surface area contributed by atoms with Gasteiger partial charge in [0.05, 0.1) is 12.4 Å². The molecule has 1 aromatic carbocycles. The highest BCUT2D eigenvalue weighted by molar-refractivity contribution is 5.87. The van der Waals surface area contributed by atoms with Crippen LogP contribution in [0.4, 0.5) is 0 Å². The minimum absolute atomic E-state index is 0.0273. The number of rotatable bonds is 5. The van der Waals surface area contributed by atoms with Crippen molar-refractivity contribution >= 4 is 11.8 Å². The van der Waals surface area contributed by atoms with Crippen LogP contribution in [-0.4, -0.2) is 64.3 Å². The Morgan fingerprint density at radius 1 is 1.31 bits per heavy atom. The third-order valence-corrected chi connectivity index (χ3v) is 4.71. The average Bonchev–Trinajstić information content (AvgIpc) is 3.14. The van der Waals surface area contributed by atoms with Crippen LogP contribution in [0.1, 0.15) is 24.2 Å². The number of aromatic amines is 1. The molecule has 7 nitrogen and oxygen atoms in total.